The Morgan fingerprint density at radius 1 is 1.47 bits per heavy atom. The molecule has 0 aliphatic rings. The number of benzene rings is 1. The van der Waals surface area contributed by atoms with E-state index in [2.05, 4.69) is 10.5 Å². The quantitative estimate of drug-likeness (QED) is 0.598. The highest BCUT2D eigenvalue weighted by molar-refractivity contribution is 6.31. The standard InChI is InChI=1S/C10H11ClN2O2/c1-6(12-13-7(2)14)9-5-8(11)3-4-10(9)15/h3-5,15H,1-2H3,(H,13,14)/b12-6+. The van der Waals surface area contributed by atoms with Crippen LogP contribution in [0.15, 0.2) is 23.3 Å². The molecule has 0 unspecified atom stereocenters. The molecule has 2 N–H and O–H groups in total. The van der Waals surface area contributed by atoms with Crippen LogP contribution in [0.2, 0.25) is 5.02 Å². The highest BCUT2D eigenvalue weighted by atomic mass is 35.5. The zero-order valence-electron chi connectivity index (χ0n) is 8.41. The Hall–Kier alpha value is -1.55. The van der Waals surface area contributed by atoms with Gasteiger partial charge in [-0.2, -0.15) is 5.10 Å². The number of hydrogen-bond donors (Lipinski definition) is 2. The van der Waals surface area contributed by atoms with Crippen molar-refractivity contribution in [3.63, 3.8) is 0 Å². The van der Waals surface area contributed by atoms with Gasteiger partial charge < -0.3 is 5.11 Å². The highest BCUT2D eigenvalue weighted by Crippen LogP contribution is 2.21. The largest absolute Gasteiger partial charge is 0.507 e. The maximum Gasteiger partial charge on any atom is 0.236 e. The van der Waals surface area contributed by atoms with E-state index < -0.39 is 0 Å². The first-order chi connectivity index (χ1) is 7.00. The topological polar surface area (TPSA) is 61.7 Å². The number of phenols is 1. The van der Waals surface area contributed by atoms with Crippen LogP contribution in [-0.2, 0) is 4.79 Å². The summed E-state index contributed by atoms with van der Waals surface area (Å²) in [4.78, 5) is 10.6. The van der Waals surface area contributed by atoms with Gasteiger partial charge in [0.05, 0.1) is 5.71 Å². The van der Waals surface area contributed by atoms with Crippen molar-refractivity contribution >= 4 is 23.2 Å². The fourth-order valence-corrected chi connectivity index (χ4v) is 1.19. The van der Waals surface area contributed by atoms with Crippen LogP contribution in [0.25, 0.3) is 0 Å². The molecule has 0 aliphatic heterocycles. The molecule has 0 heterocycles. The van der Waals surface area contributed by atoms with E-state index in [0.717, 1.165) is 0 Å². The van der Waals surface area contributed by atoms with Crippen LogP contribution in [0.1, 0.15) is 19.4 Å². The Kier molecular flexibility index (Phi) is 3.68. The van der Waals surface area contributed by atoms with E-state index in [-0.39, 0.29) is 11.7 Å². The number of phenolic OH excluding ortho intramolecular Hbond substituents is 1. The van der Waals surface area contributed by atoms with E-state index in [0.29, 0.717) is 16.3 Å². The van der Waals surface area contributed by atoms with Crippen molar-refractivity contribution in [2.24, 2.45) is 5.10 Å². The summed E-state index contributed by atoms with van der Waals surface area (Å²) in [7, 11) is 0. The minimum Gasteiger partial charge on any atom is -0.507 e. The van der Waals surface area contributed by atoms with Crippen LogP contribution in [0, 0.1) is 0 Å². The molecule has 15 heavy (non-hydrogen) atoms. The Labute approximate surface area is 92.6 Å². The van der Waals surface area contributed by atoms with E-state index in [1.165, 1.54) is 13.0 Å². The number of aromatic hydroxyl groups is 1. The Balaban J connectivity index is 2.99. The summed E-state index contributed by atoms with van der Waals surface area (Å²) in [6, 6.07) is 4.63. The number of halogens is 1. The minimum atomic E-state index is -0.268. The van der Waals surface area contributed by atoms with Gasteiger partial charge in [-0.15, -0.1) is 0 Å². The van der Waals surface area contributed by atoms with Gasteiger partial charge in [-0.25, -0.2) is 5.43 Å². The lowest BCUT2D eigenvalue weighted by Crippen LogP contribution is -2.15. The van der Waals surface area contributed by atoms with Gasteiger partial charge in [0.25, 0.3) is 0 Å². The molecule has 0 aliphatic carbocycles. The Morgan fingerprint density at radius 2 is 2.13 bits per heavy atom. The second-order valence-corrected chi connectivity index (χ2v) is 3.46. The second-order valence-electron chi connectivity index (χ2n) is 3.03. The number of nitrogens with one attached hydrogen (secondary N) is 1. The molecule has 0 aromatic heterocycles. The molecule has 0 spiro atoms. The third-order valence-electron chi connectivity index (χ3n) is 1.73. The molecule has 80 valence electrons. The first kappa shape index (κ1) is 11.5. The van der Waals surface area contributed by atoms with Gasteiger partial charge in [0, 0.05) is 17.5 Å². The molecule has 1 aromatic rings. The molecule has 0 atom stereocenters. The molecular formula is C10H11ClN2O2. The predicted octanol–water partition coefficient (Wildman–Crippen LogP) is 1.91. The van der Waals surface area contributed by atoms with Gasteiger partial charge in [-0.05, 0) is 25.1 Å². The first-order valence-electron chi connectivity index (χ1n) is 4.30. The predicted molar refractivity (Wildman–Crippen MR) is 59.1 cm³/mol. The average Bonchev–Trinajstić information content (AvgIpc) is 2.18. The molecule has 0 saturated heterocycles. The van der Waals surface area contributed by atoms with Crippen molar-refractivity contribution in [1.29, 1.82) is 0 Å². The van der Waals surface area contributed by atoms with Crippen LogP contribution in [-0.4, -0.2) is 16.7 Å². The summed E-state index contributed by atoms with van der Waals surface area (Å²) < 4.78 is 0. The van der Waals surface area contributed by atoms with E-state index in [1.54, 1.807) is 19.1 Å². The lowest BCUT2D eigenvalue weighted by Gasteiger charge is -2.04. The Bertz CT molecular complexity index is 416. The van der Waals surface area contributed by atoms with Gasteiger partial charge in [-0.1, -0.05) is 11.6 Å². The van der Waals surface area contributed by atoms with Crippen LogP contribution in [0.4, 0.5) is 0 Å². The minimum absolute atomic E-state index is 0.0750. The number of amides is 1. The number of carbonyl (C=O) groups excluding carboxylic acids is 1. The first-order valence-corrected chi connectivity index (χ1v) is 4.68. The molecule has 1 amide bonds. The van der Waals surface area contributed by atoms with E-state index in [9.17, 15) is 9.90 Å². The molecule has 5 heteroatoms. The maximum atomic E-state index is 10.6. The van der Waals surface area contributed by atoms with Gasteiger partial charge in [0.15, 0.2) is 0 Å². The van der Waals surface area contributed by atoms with Gasteiger partial charge in [-0.3, -0.25) is 4.79 Å². The summed E-state index contributed by atoms with van der Waals surface area (Å²) >= 11 is 5.77. The lowest BCUT2D eigenvalue weighted by atomic mass is 10.1. The average molecular weight is 227 g/mol. The Morgan fingerprint density at radius 3 is 2.73 bits per heavy atom. The second kappa shape index (κ2) is 4.79. The van der Waals surface area contributed by atoms with Crippen LogP contribution >= 0.6 is 11.6 Å². The molecule has 0 saturated carbocycles. The summed E-state index contributed by atoms with van der Waals surface area (Å²) in [5.41, 5.74) is 3.27. The molecule has 4 nitrogen and oxygen atoms in total. The van der Waals surface area contributed by atoms with Crippen molar-refractivity contribution in [2.45, 2.75) is 13.8 Å². The van der Waals surface area contributed by atoms with Crippen LogP contribution in [0.5, 0.6) is 5.75 Å². The number of rotatable bonds is 2. The number of carbonyl (C=O) groups is 1. The number of hydrogen-bond acceptors (Lipinski definition) is 3. The van der Waals surface area contributed by atoms with E-state index >= 15 is 0 Å². The van der Waals surface area contributed by atoms with Crippen molar-refractivity contribution in [1.82, 2.24) is 5.43 Å². The smallest absolute Gasteiger partial charge is 0.236 e. The number of hydrazone groups is 1. The molecule has 1 rings (SSSR count). The van der Waals surface area contributed by atoms with Gasteiger partial charge >= 0.3 is 0 Å². The molecule has 0 bridgehead atoms. The number of nitrogens with zero attached hydrogens (tertiary/aromatic N) is 1. The molecule has 0 radical (unpaired) electrons. The van der Waals surface area contributed by atoms with Crippen molar-refractivity contribution in [3.05, 3.63) is 28.8 Å². The van der Waals surface area contributed by atoms with Crippen molar-refractivity contribution < 1.29 is 9.90 Å². The summed E-state index contributed by atoms with van der Waals surface area (Å²) in [6.07, 6.45) is 0. The third-order valence-corrected chi connectivity index (χ3v) is 1.96. The SMILES string of the molecule is CC(=O)N/N=C(\C)c1cc(Cl)ccc1O. The van der Waals surface area contributed by atoms with Crippen molar-refractivity contribution in [3.8, 4) is 5.75 Å². The molecule has 1 aromatic carbocycles. The fraction of sp³-hybridized carbons (Fsp3) is 0.200. The summed E-state index contributed by atoms with van der Waals surface area (Å²) in [6.45, 7) is 3.02. The zero-order chi connectivity index (χ0) is 11.4. The van der Waals surface area contributed by atoms with Crippen molar-refractivity contribution in [2.75, 3.05) is 0 Å². The zero-order valence-corrected chi connectivity index (χ0v) is 9.17. The third kappa shape index (κ3) is 3.25. The monoisotopic (exact) mass is 226 g/mol. The maximum absolute atomic E-state index is 10.6. The van der Waals surface area contributed by atoms with E-state index in [4.69, 9.17) is 11.6 Å². The van der Waals surface area contributed by atoms with Gasteiger partial charge in [0.1, 0.15) is 5.75 Å². The van der Waals surface area contributed by atoms with Gasteiger partial charge in [0.2, 0.25) is 5.91 Å². The fourth-order valence-electron chi connectivity index (χ4n) is 1.02. The van der Waals surface area contributed by atoms with Crippen LogP contribution in [0.3, 0.4) is 0 Å². The lowest BCUT2D eigenvalue weighted by molar-refractivity contribution is -0.118. The molecule has 0 fully saturated rings. The van der Waals surface area contributed by atoms with Crippen LogP contribution < -0.4 is 5.43 Å². The summed E-state index contributed by atoms with van der Waals surface area (Å²) in [5.74, 6) is -0.193. The highest BCUT2D eigenvalue weighted by Gasteiger charge is 2.05. The normalized spacial score (nSPS) is 11.3. The summed E-state index contributed by atoms with van der Waals surface area (Å²) in [5, 5.41) is 13.8. The molecular weight excluding hydrogens is 216 g/mol. The van der Waals surface area contributed by atoms with E-state index in [1.807, 2.05) is 0 Å².